The van der Waals surface area contributed by atoms with E-state index in [2.05, 4.69) is 10.6 Å². The third-order valence-corrected chi connectivity index (χ3v) is 4.28. The second-order valence-electron chi connectivity index (χ2n) is 4.95. The molecule has 1 aliphatic heterocycles. The van der Waals surface area contributed by atoms with Gasteiger partial charge in [-0.05, 0) is 37.6 Å². The summed E-state index contributed by atoms with van der Waals surface area (Å²) in [7, 11) is -2.38. The first kappa shape index (κ1) is 18.7. The molecule has 0 aromatic heterocycles. The molecule has 1 aliphatic rings. The molecule has 1 aromatic rings. The monoisotopic (exact) mass is 349 g/mol. The van der Waals surface area contributed by atoms with Crippen LogP contribution in [0.25, 0.3) is 0 Å². The number of methoxy groups -OCH3 is 1. The summed E-state index contributed by atoms with van der Waals surface area (Å²) < 4.78 is 27.8. The molecule has 1 saturated heterocycles. The number of rotatable bonds is 5. The Labute approximate surface area is 136 Å². The predicted molar refractivity (Wildman–Crippen MR) is 85.9 cm³/mol. The predicted octanol–water partition coefficient (Wildman–Crippen LogP) is 0.845. The molecular weight excluding hydrogens is 330 g/mol. The van der Waals surface area contributed by atoms with Gasteiger partial charge in [-0.1, -0.05) is 0 Å². The molecule has 2 rings (SSSR count). The van der Waals surface area contributed by atoms with Crippen molar-refractivity contribution in [3.63, 3.8) is 0 Å². The molecule has 1 aromatic carbocycles. The Balaban J connectivity index is 0.00000242. The maximum atomic E-state index is 12.0. The number of hydrogen-bond acceptors (Lipinski definition) is 5. The normalized spacial score (nSPS) is 17.6. The van der Waals surface area contributed by atoms with Crippen LogP contribution in [0.15, 0.2) is 23.1 Å². The van der Waals surface area contributed by atoms with Gasteiger partial charge in [-0.2, -0.15) is 0 Å². The summed E-state index contributed by atoms with van der Waals surface area (Å²) in [6, 6.07) is 4.26. The molecule has 9 heteroatoms. The zero-order valence-electron chi connectivity index (χ0n) is 12.2. The number of amides is 1. The van der Waals surface area contributed by atoms with Gasteiger partial charge in [0.15, 0.2) is 0 Å². The molecule has 0 saturated carbocycles. The fourth-order valence-electron chi connectivity index (χ4n) is 2.32. The van der Waals surface area contributed by atoms with E-state index in [-0.39, 0.29) is 29.3 Å². The molecular formula is C13H20ClN3O4S. The molecule has 1 unspecified atom stereocenters. The van der Waals surface area contributed by atoms with Crippen LogP contribution in [-0.4, -0.2) is 34.0 Å². The Morgan fingerprint density at radius 2 is 2.23 bits per heavy atom. The zero-order valence-corrected chi connectivity index (χ0v) is 13.8. The van der Waals surface area contributed by atoms with E-state index >= 15 is 0 Å². The van der Waals surface area contributed by atoms with Crippen LogP contribution < -0.4 is 20.5 Å². The number of carbonyl (C=O) groups excluding carboxylic acids is 1. The van der Waals surface area contributed by atoms with Crippen molar-refractivity contribution in [2.24, 2.45) is 5.14 Å². The van der Waals surface area contributed by atoms with Crippen LogP contribution in [0.2, 0.25) is 0 Å². The van der Waals surface area contributed by atoms with Crippen LogP contribution in [0.1, 0.15) is 19.3 Å². The first-order valence-electron chi connectivity index (χ1n) is 6.64. The molecule has 0 bridgehead atoms. The number of anilines is 1. The minimum Gasteiger partial charge on any atom is -0.495 e. The van der Waals surface area contributed by atoms with E-state index in [9.17, 15) is 13.2 Å². The number of primary sulfonamides is 1. The summed E-state index contributed by atoms with van der Waals surface area (Å²) in [5.74, 6) is 0.189. The highest BCUT2D eigenvalue weighted by Crippen LogP contribution is 2.27. The second kappa shape index (κ2) is 7.77. The maximum Gasteiger partial charge on any atom is 0.238 e. The van der Waals surface area contributed by atoms with Crippen molar-refractivity contribution in [1.29, 1.82) is 0 Å². The summed E-state index contributed by atoms with van der Waals surface area (Å²) in [4.78, 5) is 11.9. The van der Waals surface area contributed by atoms with E-state index in [1.165, 1.54) is 25.3 Å². The summed E-state index contributed by atoms with van der Waals surface area (Å²) >= 11 is 0. The lowest BCUT2D eigenvalue weighted by atomic mass is 10.1. The lowest BCUT2D eigenvalue weighted by Gasteiger charge is -2.13. The van der Waals surface area contributed by atoms with Crippen molar-refractivity contribution in [3.8, 4) is 5.75 Å². The van der Waals surface area contributed by atoms with Crippen LogP contribution in [0.5, 0.6) is 5.75 Å². The molecule has 0 aliphatic carbocycles. The van der Waals surface area contributed by atoms with Crippen LogP contribution in [0, 0.1) is 0 Å². The Morgan fingerprint density at radius 3 is 2.77 bits per heavy atom. The molecule has 1 heterocycles. The van der Waals surface area contributed by atoms with Crippen molar-refractivity contribution in [3.05, 3.63) is 18.2 Å². The van der Waals surface area contributed by atoms with Crippen LogP contribution in [0.3, 0.4) is 0 Å². The number of carbonyl (C=O) groups is 1. The van der Waals surface area contributed by atoms with Crippen molar-refractivity contribution in [2.75, 3.05) is 19.0 Å². The van der Waals surface area contributed by atoms with Gasteiger partial charge in [-0.25, -0.2) is 13.6 Å². The van der Waals surface area contributed by atoms with Gasteiger partial charge < -0.3 is 15.4 Å². The molecule has 124 valence electrons. The summed E-state index contributed by atoms with van der Waals surface area (Å²) in [6.45, 7) is 0.919. The molecule has 4 N–H and O–H groups in total. The molecule has 1 amide bonds. The van der Waals surface area contributed by atoms with E-state index in [0.29, 0.717) is 17.9 Å². The van der Waals surface area contributed by atoms with Gasteiger partial charge in [-0.15, -0.1) is 12.4 Å². The fraction of sp³-hybridized carbons (Fsp3) is 0.462. The van der Waals surface area contributed by atoms with Gasteiger partial charge in [0.2, 0.25) is 15.9 Å². The maximum absolute atomic E-state index is 12.0. The number of nitrogens with one attached hydrogen (secondary N) is 2. The zero-order chi connectivity index (χ0) is 15.5. The van der Waals surface area contributed by atoms with Crippen molar-refractivity contribution in [1.82, 2.24) is 5.32 Å². The minimum atomic E-state index is -3.83. The molecule has 22 heavy (non-hydrogen) atoms. The topological polar surface area (TPSA) is 111 Å². The first-order valence-corrected chi connectivity index (χ1v) is 8.19. The van der Waals surface area contributed by atoms with E-state index in [1.54, 1.807) is 0 Å². The average Bonchev–Trinajstić information content (AvgIpc) is 2.90. The van der Waals surface area contributed by atoms with E-state index in [4.69, 9.17) is 9.88 Å². The standard InChI is InChI=1S/C13H19N3O4S.ClH/c1-20-12-5-4-10(21(14,18)19)8-11(12)16-13(17)7-9-3-2-6-15-9;/h4-5,8-9,15H,2-3,6-7H2,1H3,(H,16,17)(H2,14,18,19);1H. The highest BCUT2D eigenvalue weighted by atomic mass is 35.5. The smallest absolute Gasteiger partial charge is 0.238 e. The summed E-state index contributed by atoms with van der Waals surface area (Å²) in [5.41, 5.74) is 0.298. The van der Waals surface area contributed by atoms with Crippen molar-refractivity contribution in [2.45, 2.75) is 30.2 Å². The molecule has 0 radical (unpaired) electrons. The van der Waals surface area contributed by atoms with Gasteiger partial charge in [0.1, 0.15) is 5.75 Å². The number of hydrogen-bond donors (Lipinski definition) is 3. The molecule has 1 atom stereocenters. The Bertz CT molecular complexity index is 630. The van der Waals surface area contributed by atoms with Gasteiger partial charge >= 0.3 is 0 Å². The third kappa shape index (κ3) is 4.84. The highest BCUT2D eigenvalue weighted by Gasteiger charge is 2.19. The van der Waals surface area contributed by atoms with Gasteiger partial charge in [0.25, 0.3) is 0 Å². The second-order valence-corrected chi connectivity index (χ2v) is 6.51. The SMILES string of the molecule is COc1ccc(S(N)(=O)=O)cc1NC(=O)CC1CCCN1.Cl. The van der Waals surface area contributed by atoms with E-state index < -0.39 is 10.0 Å². The number of benzene rings is 1. The highest BCUT2D eigenvalue weighted by molar-refractivity contribution is 7.89. The number of halogens is 1. The molecule has 7 nitrogen and oxygen atoms in total. The Kier molecular flexibility index (Phi) is 6.61. The quantitative estimate of drug-likeness (QED) is 0.729. The van der Waals surface area contributed by atoms with Crippen LogP contribution in [-0.2, 0) is 14.8 Å². The number of nitrogens with two attached hydrogens (primary N) is 1. The van der Waals surface area contributed by atoms with E-state index in [0.717, 1.165) is 19.4 Å². The Hall–Kier alpha value is -1.35. The number of sulfonamides is 1. The van der Waals surface area contributed by atoms with Crippen LogP contribution in [0.4, 0.5) is 5.69 Å². The van der Waals surface area contributed by atoms with Gasteiger partial charge in [-0.3, -0.25) is 4.79 Å². The Morgan fingerprint density at radius 1 is 1.50 bits per heavy atom. The van der Waals surface area contributed by atoms with Gasteiger partial charge in [0, 0.05) is 12.5 Å². The van der Waals surface area contributed by atoms with Gasteiger partial charge in [0.05, 0.1) is 17.7 Å². The molecule has 1 fully saturated rings. The van der Waals surface area contributed by atoms with E-state index in [1.807, 2.05) is 0 Å². The minimum absolute atomic E-state index is 0. The lowest BCUT2D eigenvalue weighted by Crippen LogP contribution is -2.27. The van der Waals surface area contributed by atoms with Crippen molar-refractivity contribution >= 4 is 34.0 Å². The first-order chi connectivity index (χ1) is 9.90. The third-order valence-electron chi connectivity index (χ3n) is 3.37. The summed E-state index contributed by atoms with van der Waals surface area (Å²) in [5, 5.41) is 11.0. The van der Waals surface area contributed by atoms with Crippen molar-refractivity contribution < 1.29 is 17.9 Å². The lowest BCUT2D eigenvalue weighted by molar-refractivity contribution is -0.116. The number of ether oxygens (including phenoxy) is 1. The average molecular weight is 350 g/mol. The summed E-state index contributed by atoms with van der Waals surface area (Å²) in [6.07, 6.45) is 2.35. The molecule has 0 spiro atoms. The van der Waals surface area contributed by atoms with Crippen LogP contribution >= 0.6 is 12.4 Å². The largest absolute Gasteiger partial charge is 0.495 e. The fourth-order valence-corrected chi connectivity index (χ4v) is 2.86.